The number of esters is 9. The van der Waals surface area contributed by atoms with E-state index < -0.39 is 171 Å². The van der Waals surface area contributed by atoms with Gasteiger partial charge >= 0.3 is 53.7 Å². The summed E-state index contributed by atoms with van der Waals surface area (Å²) in [4.78, 5) is 136. The van der Waals surface area contributed by atoms with Gasteiger partial charge in [0.15, 0.2) is 73.5 Å². The van der Waals surface area contributed by atoms with Crippen LogP contribution < -0.4 is 0 Å². The smallest absolute Gasteiger partial charge is 0.338 e. The molecular weight excluding hydrogens is 1710 g/mol. The van der Waals surface area contributed by atoms with Crippen LogP contribution in [0.25, 0.3) is 0 Å². The van der Waals surface area contributed by atoms with Crippen molar-refractivity contribution in [3.63, 3.8) is 0 Å². The molecule has 8 fully saturated rings. The molecular formula is C108H108O26. The topological polar surface area (TPSA) is 311 Å². The zero-order valence-electron chi connectivity index (χ0n) is 74.9. The van der Waals surface area contributed by atoms with Crippen LogP contribution in [0.2, 0.25) is 0 Å². The summed E-state index contributed by atoms with van der Waals surface area (Å²) in [7, 11) is 0. The molecule has 5 aliphatic heterocycles. The van der Waals surface area contributed by atoms with Crippen molar-refractivity contribution in [2.45, 2.75) is 203 Å². The molecule has 5 heterocycles. The SMILES string of the molecule is CC1O[C@@H](O[C@H]2C(OC(=O)c3ccccc3)[C@H](O[C@@H]3OC(COC(=O)c4ccccc4)[C@@H](OC(=O)c4ccccc4)C(OC(=O)c4ccccc4)[C@@H]3OC(=O)c3ccccc3)C(COC(=O)c3ccccc3)O[C@H]2O[C@H]2CC[C@@]3(C)C(=CC[C@H]4[C@@H]5C[C@@H]6O[C@]7(CC[C@@H](C)CO7)[C@@H](C)[C@@H]6[C@@]5(C)CC[C@@H]43)C2)[C@@H](OC(=O)c2ccccc2)C(OC(=O)c2ccccc2)[C@H]1OC(=O)c1ccccc1. The minimum atomic E-state index is -2.23. The van der Waals surface area contributed by atoms with E-state index in [-0.39, 0.29) is 78.8 Å². The molecule has 3 saturated carbocycles. The Hall–Kier alpha value is -12.4. The fourth-order valence-electron chi connectivity index (χ4n) is 21.8. The van der Waals surface area contributed by atoms with Crippen LogP contribution in [0.5, 0.6) is 0 Å². The fourth-order valence-corrected chi connectivity index (χ4v) is 21.8. The highest BCUT2D eigenvalue weighted by Crippen LogP contribution is 2.71. The van der Waals surface area contributed by atoms with Crippen LogP contribution in [0.1, 0.15) is 186 Å². The van der Waals surface area contributed by atoms with E-state index in [0.29, 0.717) is 49.5 Å². The molecule has 6 unspecified atom stereocenters. The third-order valence-electron chi connectivity index (χ3n) is 28.7. The molecule has 26 heteroatoms. The number of carbonyl (C=O) groups is 9. The molecule has 1 spiro atoms. The minimum Gasteiger partial charge on any atom is -0.459 e. The van der Waals surface area contributed by atoms with Crippen LogP contribution >= 0.6 is 0 Å². The van der Waals surface area contributed by atoms with Gasteiger partial charge in [0.05, 0.1) is 75.0 Å². The number of carbonyl (C=O) groups excluding carboxylic acids is 9. The number of rotatable bonds is 26. The Bertz CT molecular complexity index is 5640. The number of hydrogen-bond donors (Lipinski definition) is 0. The zero-order chi connectivity index (χ0) is 92.8. The van der Waals surface area contributed by atoms with Crippen molar-refractivity contribution in [2.75, 3.05) is 19.8 Å². The highest BCUT2D eigenvalue weighted by molar-refractivity contribution is 5.94. The summed E-state index contributed by atoms with van der Waals surface area (Å²) in [6.45, 7) is 10.0. The van der Waals surface area contributed by atoms with Gasteiger partial charge in [-0.05, 0) is 208 Å². The molecule has 5 saturated heterocycles. The molecule has 9 aliphatic rings. The van der Waals surface area contributed by atoms with E-state index >= 15 is 24.0 Å². The molecule has 0 radical (unpaired) electrons. The van der Waals surface area contributed by atoms with Gasteiger partial charge in [-0.2, -0.15) is 0 Å². The highest BCUT2D eigenvalue weighted by atomic mass is 16.8. The largest absolute Gasteiger partial charge is 0.459 e. The maximum Gasteiger partial charge on any atom is 0.338 e. The molecule has 18 rings (SSSR count). The third-order valence-corrected chi connectivity index (χ3v) is 28.7. The van der Waals surface area contributed by atoms with Crippen LogP contribution in [0.15, 0.2) is 285 Å². The number of allylic oxidation sites excluding steroid dienone is 1. The molecule has 0 bridgehead atoms. The zero-order valence-corrected chi connectivity index (χ0v) is 74.9. The Morgan fingerprint density at radius 3 is 1.11 bits per heavy atom. The lowest BCUT2D eigenvalue weighted by atomic mass is 9.47. The summed E-state index contributed by atoms with van der Waals surface area (Å²) in [5.74, 6) is -7.34. The lowest BCUT2D eigenvalue weighted by Gasteiger charge is -2.59. The summed E-state index contributed by atoms with van der Waals surface area (Å²) in [5.41, 5.74) is 1.06. The molecule has 26 atom stereocenters. The Morgan fingerprint density at radius 1 is 0.351 bits per heavy atom. The average Bonchev–Trinajstić information content (AvgIpc) is 1.52. The van der Waals surface area contributed by atoms with Crippen LogP contribution in [0.4, 0.5) is 0 Å². The van der Waals surface area contributed by atoms with Gasteiger partial charge in [-0.3, -0.25) is 0 Å². The summed E-state index contributed by atoms with van der Waals surface area (Å²) in [5, 5.41) is 0. The molecule has 9 aromatic carbocycles. The summed E-state index contributed by atoms with van der Waals surface area (Å²) >= 11 is 0. The van der Waals surface area contributed by atoms with E-state index in [0.717, 1.165) is 38.5 Å². The van der Waals surface area contributed by atoms with Gasteiger partial charge < -0.3 is 80.5 Å². The quantitative estimate of drug-likeness (QED) is 0.0276. The Balaban J connectivity index is 0.789. The first kappa shape index (κ1) is 92.1. The number of hydrogen-bond acceptors (Lipinski definition) is 26. The molecule has 4 aliphatic carbocycles. The van der Waals surface area contributed by atoms with Gasteiger partial charge in [0.25, 0.3) is 0 Å². The standard InChI is InChI=1S/C108H108O26/c1-64-53-58-108(120-61-64)65(2)84-81(134-108)60-80-78-52-51-76-59-77(54-56-106(76,4)79(78)55-57-107(80,84)5)122-104-93(133-103-91(130-101(116)74-47-29-13-30-48-74)88(127-98(113)71-41-23-10-24-42-71)85(66(3)121-103)125-96(111)69-37-19-8-20-38-69)90(129-100(115)73-45-27-12-28-46-73)87(83(123-104)63-119-95(110)68-35-17-7-18-36-68)132-105-92(131-102(117)75-49-31-14-32-50-75)89(128-99(114)72-43-25-11-26-44-72)86(126-97(112)70-39-21-9-22-40-70)82(124-105)62-118-94(109)67-33-15-6-16-34-67/h6-51,64-66,77-93,103-105H,52-63H2,1-5H3/t64-,65+,66?,77+,78-,79+,80+,81+,82?,83?,84+,85+,86-,87-,88?,89?,90?,91+,92+,93+,103+,104-,105+,106+,107+,108-/m1/s1. The summed E-state index contributed by atoms with van der Waals surface area (Å²) in [6, 6.07) is 71.0. The van der Waals surface area contributed by atoms with E-state index in [2.05, 4.69) is 33.8 Å². The average molecular weight is 1820 g/mol. The van der Waals surface area contributed by atoms with Crippen molar-refractivity contribution in [3.05, 3.63) is 335 Å². The molecule has 0 amide bonds. The third kappa shape index (κ3) is 19.5. The van der Waals surface area contributed by atoms with Crippen molar-refractivity contribution in [1.29, 1.82) is 0 Å². The first-order valence-electron chi connectivity index (χ1n) is 46.3. The van der Waals surface area contributed by atoms with Gasteiger partial charge in [-0.1, -0.05) is 203 Å². The van der Waals surface area contributed by atoms with E-state index in [1.54, 1.807) is 164 Å². The van der Waals surface area contributed by atoms with Gasteiger partial charge in [-0.15, -0.1) is 0 Å². The van der Waals surface area contributed by atoms with Crippen molar-refractivity contribution >= 4 is 53.7 Å². The maximum absolute atomic E-state index is 16.1. The number of fused-ring (bicyclic) bond motifs is 7. The van der Waals surface area contributed by atoms with Crippen molar-refractivity contribution in [2.24, 2.45) is 46.3 Å². The molecule has 0 N–H and O–H groups in total. The predicted molar refractivity (Wildman–Crippen MR) is 481 cm³/mol. The van der Waals surface area contributed by atoms with Crippen molar-refractivity contribution in [3.8, 4) is 0 Å². The molecule has 9 aromatic rings. The normalized spacial score (nSPS) is 32.2. The van der Waals surface area contributed by atoms with E-state index in [1.807, 2.05) is 0 Å². The van der Waals surface area contributed by atoms with Crippen LogP contribution in [-0.2, 0) is 80.5 Å². The van der Waals surface area contributed by atoms with Crippen LogP contribution in [-0.4, -0.2) is 184 Å². The van der Waals surface area contributed by atoms with Crippen molar-refractivity contribution in [1.82, 2.24) is 0 Å². The molecule has 26 nitrogen and oxygen atoms in total. The van der Waals surface area contributed by atoms with E-state index in [4.69, 9.17) is 80.5 Å². The van der Waals surface area contributed by atoms with E-state index in [1.165, 1.54) is 122 Å². The Labute approximate surface area is 776 Å². The highest BCUT2D eigenvalue weighted by Gasteiger charge is 2.70. The summed E-state index contributed by atoms with van der Waals surface area (Å²) < 4.78 is 117. The maximum atomic E-state index is 16.1. The fraction of sp³-hybridized carbons (Fsp3) is 0.398. The lowest BCUT2D eigenvalue weighted by molar-refractivity contribution is -0.387. The number of ether oxygens (including phenoxy) is 17. The van der Waals surface area contributed by atoms with Gasteiger partial charge in [0.2, 0.25) is 0 Å². The van der Waals surface area contributed by atoms with Gasteiger partial charge in [-0.25, -0.2) is 43.2 Å². The second-order valence-corrected chi connectivity index (χ2v) is 36.9. The first-order chi connectivity index (χ1) is 65.1. The monoisotopic (exact) mass is 1820 g/mol. The molecule has 0 aromatic heterocycles. The first-order valence-corrected chi connectivity index (χ1v) is 46.3. The number of benzene rings is 9. The molecule has 134 heavy (non-hydrogen) atoms. The Kier molecular flexibility index (Phi) is 27.8. The lowest BCUT2D eigenvalue weighted by Crippen LogP contribution is -2.69. The second kappa shape index (κ2) is 40.4. The summed E-state index contributed by atoms with van der Waals surface area (Å²) in [6.07, 6.45) is -20.0. The van der Waals surface area contributed by atoms with Gasteiger partial charge in [0.1, 0.15) is 31.5 Å². The van der Waals surface area contributed by atoms with Crippen LogP contribution in [0, 0.1) is 46.3 Å². The van der Waals surface area contributed by atoms with Gasteiger partial charge in [0, 0.05) is 12.3 Å². The predicted octanol–water partition coefficient (Wildman–Crippen LogP) is 17.0. The Morgan fingerprint density at radius 2 is 0.701 bits per heavy atom. The van der Waals surface area contributed by atoms with E-state index in [9.17, 15) is 19.2 Å². The molecule has 696 valence electrons. The van der Waals surface area contributed by atoms with Crippen molar-refractivity contribution < 1.29 is 124 Å². The van der Waals surface area contributed by atoms with Crippen LogP contribution in [0.3, 0.4) is 0 Å². The second-order valence-electron chi connectivity index (χ2n) is 36.9. The minimum absolute atomic E-state index is 0.00345.